The van der Waals surface area contributed by atoms with E-state index in [1.165, 1.54) is 4.57 Å². The lowest BCUT2D eigenvalue weighted by Crippen LogP contribution is -2.24. The highest BCUT2D eigenvalue weighted by atomic mass is 16.3. The van der Waals surface area contributed by atoms with Crippen molar-refractivity contribution in [3.63, 3.8) is 0 Å². The van der Waals surface area contributed by atoms with E-state index in [0.29, 0.717) is 28.0 Å². The molecule has 1 unspecified atom stereocenters. The Morgan fingerprint density at radius 3 is 2.78 bits per heavy atom. The van der Waals surface area contributed by atoms with Crippen molar-refractivity contribution in [1.82, 2.24) is 19.1 Å². The quantitative estimate of drug-likeness (QED) is 0.341. The zero-order valence-corrected chi connectivity index (χ0v) is 19.8. The Kier molecular flexibility index (Phi) is 6.09. The molecule has 0 saturated carbocycles. The van der Waals surface area contributed by atoms with Gasteiger partial charge in [0.15, 0.2) is 0 Å². The van der Waals surface area contributed by atoms with Crippen molar-refractivity contribution in [2.45, 2.75) is 19.6 Å². The van der Waals surface area contributed by atoms with Crippen molar-refractivity contribution in [1.29, 1.82) is 0 Å². The van der Waals surface area contributed by atoms with Gasteiger partial charge in [0.25, 0.3) is 11.5 Å². The number of aromatic nitrogens is 4. The van der Waals surface area contributed by atoms with Crippen molar-refractivity contribution >= 4 is 33.4 Å². The smallest absolute Gasteiger partial charge is 0.274 e. The van der Waals surface area contributed by atoms with Gasteiger partial charge in [-0.25, -0.2) is 4.98 Å². The van der Waals surface area contributed by atoms with E-state index in [1.54, 1.807) is 54.6 Å². The molecule has 0 aliphatic carbocycles. The maximum absolute atomic E-state index is 13.0. The SMILES string of the molecule is Cc1ccc(NC(=O)c2ccc3cnccc3c2)nc1-c1cn(C)c(=O)c2c1ccn2CC(O)CO. The first-order valence-electron chi connectivity index (χ1n) is 11.5. The molecule has 0 aliphatic heterocycles. The molecule has 0 aliphatic rings. The molecule has 3 N–H and O–H groups in total. The predicted molar refractivity (Wildman–Crippen MR) is 138 cm³/mol. The number of anilines is 1. The number of aryl methyl sites for hydroxylation is 2. The number of nitrogens with zero attached hydrogens (tertiary/aromatic N) is 4. The Balaban J connectivity index is 1.53. The van der Waals surface area contributed by atoms with Crippen LogP contribution in [-0.4, -0.2) is 47.9 Å². The molecule has 4 aromatic heterocycles. The monoisotopic (exact) mass is 483 g/mol. The van der Waals surface area contributed by atoms with Gasteiger partial charge in [-0.15, -0.1) is 0 Å². The Morgan fingerprint density at radius 2 is 1.97 bits per heavy atom. The van der Waals surface area contributed by atoms with Crippen molar-refractivity contribution < 1.29 is 15.0 Å². The van der Waals surface area contributed by atoms with Crippen LogP contribution < -0.4 is 10.9 Å². The van der Waals surface area contributed by atoms with Crippen LogP contribution in [-0.2, 0) is 13.6 Å². The van der Waals surface area contributed by atoms with Gasteiger partial charge in [0.05, 0.1) is 24.9 Å². The number of rotatable bonds is 6. The summed E-state index contributed by atoms with van der Waals surface area (Å²) >= 11 is 0. The molecule has 4 heterocycles. The number of hydrogen-bond acceptors (Lipinski definition) is 6. The lowest BCUT2D eigenvalue weighted by molar-refractivity contribution is 0.0822. The van der Waals surface area contributed by atoms with Crippen molar-refractivity contribution in [3.8, 4) is 11.3 Å². The Morgan fingerprint density at radius 1 is 1.14 bits per heavy atom. The van der Waals surface area contributed by atoms with E-state index >= 15 is 0 Å². The number of benzene rings is 1. The van der Waals surface area contributed by atoms with Gasteiger partial charge in [0.1, 0.15) is 11.3 Å². The van der Waals surface area contributed by atoms with Crippen LogP contribution in [0.25, 0.3) is 32.9 Å². The predicted octanol–water partition coefficient (Wildman–Crippen LogP) is 2.86. The van der Waals surface area contributed by atoms with Crippen LogP contribution in [0.3, 0.4) is 0 Å². The summed E-state index contributed by atoms with van der Waals surface area (Å²) in [5.74, 6) is 0.0957. The zero-order valence-electron chi connectivity index (χ0n) is 19.8. The normalized spacial score (nSPS) is 12.2. The minimum atomic E-state index is -0.987. The molecule has 5 aromatic rings. The first kappa shape index (κ1) is 23.4. The fourth-order valence-electron chi connectivity index (χ4n) is 4.33. The zero-order chi connectivity index (χ0) is 25.4. The van der Waals surface area contributed by atoms with Crippen molar-refractivity contribution in [2.75, 3.05) is 11.9 Å². The van der Waals surface area contributed by atoms with E-state index in [1.807, 2.05) is 31.2 Å². The molecule has 1 aromatic carbocycles. The molecule has 0 bridgehead atoms. The molecule has 0 fully saturated rings. The topological polar surface area (TPSA) is 122 Å². The molecule has 0 radical (unpaired) electrons. The third kappa shape index (κ3) is 4.26. The van der Waals surface area contributed by atoms with Crippen LogP contribution in [0.1, 0.15) is 15.9 Å². The summed E-state index contributed by atoms with van der Waals surface area (Å²) in [6, 6.07) is 12.7. The second-order valence-electron chi connectivity index (χ2n) is 8.78. The van der Waals surface area contributed by atoms with Crippen molar-refractivity contribution in [3.05, 3.63) is 88.7 Å². The summed E-state index contributed by atoms with van der Waals surface area (Å²) in [6.07, 6.45) is 5.87. The summed E-state index contributed by atoms with van der Waals surface area (Å²) in [6.45, 7) is 1.59. The maximum Gasteiger partial charge on any atom is 0.274 e. The number of aliphatic hydroxyl groups is 2. The van der Waals surface area contributed by atoms with Gasteiger partial charge < -0.3 is 24.7 Å². The molecule has 9 heteroatoms. The van der Waals surface area contributed by atoms with Crippen molar-refractivity contribution in [2.24, 2.45) is 7.05 Å². The molecule has 0 saturated heterocycles. The number of carbonyl (C=O) groups is 1. The molecule has 36 heavy (non-hydrogen) atoms. The number of fused-ring (bicyclic) bond motifs is 2. The minimum Gasteiger partial charge on any atom is -0.394 e. The molecule has 5 rings (SSSR count). The molecular weight excluding hydrogens is 458 g/mol. The lowest BCUT2D eigenvalue weighted by atomic mass is 10.0. The maximum atomic E-state index is 13.0. The van der Waals surface area contributed by atoms with Crippen LogP contribution in [0.4, 0.5) is 5.82 Å². The molecule has 1 atom stereocenters. The highest BCUT2D eigenvalue weighted by Gasteiger charge is 2.18. The van der Waals surface area contributed by atoms with Crippen LogP contribution >= 0.6 is 0 Å². The van der Waals surface area contributed by atoms with Gasteiger partial charge >= 0.3 is 0 Å². The summed E-state index contributed by atoms with van der Waals surface area (Å²) in [4.78, 5) is 34.7. The second-order valence-corrected chi connectivity index (χ2v) is 8.78. The molecule has 1 amide bonds. The summed E-state index contributed by atoms with van der Waals surface area (Å²) in [5, 5.41) is 24.6. The van der Waals surface area contributed by atoms with E-state index in [0.717, 1.165) is 21.9 Å². The van der Waals surface area contributed by atoms with Crippen LogP contribution in [0.5, 0.6) is 0 Å². The van der Waals surface area contributed by atoms with Crippen LogP contribution in [0, 0.1) is 6.92 Å². The summed E-state index contributed by atoms with van der Waals surface area (Å²) in [5.41, 5.74) is 2.90. The average molecular weight is 484 g/mol. The summed E-state index contributed by atoms with van der Waals surface area (Å²) < 4.78 is 3.11. The molecular formula is C27H25N5O4. The third-order valence-electron chi connectivity index (χ3n) is 6.21. The minimum absolute atomic E-state index is 0.0863. The number of amides is 1. The molecule has 9 nitrogen and oxygen atoms in total. The summed E-state index contributed by atoms with van der Waals surface area (Å²) in [7, 11) is 1.65. The highest BCUT2D eigenvalue weighted by Crippen LogP contribution is 2.30. The number of carbonyl (C=O) groups excluding carboxylic acids is 1. The van der Waals surface area contributed by atoms with Gasteiger partial charge in [0, 0.05) is 53.7 Å². The van der Waals surface area contributed by atoms with E-state index in [-0.39, 0.29) is 18.0 Å². The number of hydrogen-bond donors (Lipinski definition) is 3. The van der Waals surface area contributed by atoms with Gasteiger partial charge in [-0.1, -0.05) is 12.1 Å². The number of nitrogens with one attached hydrogen (secondary N) is 1. The first-order chi connectivity index (χ1) is 17.4. The second kappa shape index (κ2) is 9.37. The number of aliphatic hydroxyl groups excluding tert-OH is 2. The lowest BCUT2D eigenvalue weighted by Gasteiger charge is -2.14. The standard InChI is InChI=1S/C27H25N5O4/c1-16-3-6-23(30-26(35)18-4-5-19-12-28-9-7-17(19)11-18)29-24(16)22-14-31(2)27(36)25-21(22)8-10-32(25)13-20(34)15-33/h3-12,14,20,33-34H,13,15H2,1-2H3,(H,29,30,35). The third-order valence-corrected chi connectivity index (χ3v) is 6.21. The Labute approximate surface area is 206 Å². The van der Waals surface area contributed by atoms with E-state index in [2.05, 4.69) is 10.3 Å². The van der Waals surface area contributed by atoms with Gasteiger partial charge in [-0.3, -0.25) is 14.6 Å². The van der Waals surface area contributed by atoms with Crippen LogP contribution in [0.15, 0.2) is 72.0 Å². The first-order valence-corrected chi connectivity index (χ1v) is 11.5. The fraction of sp³-hybridized carbons (Fsp3) is 0.185. The van der Waals surface area contributed by atoms with Crippen LogP contribution in [0.2, 0.25) is 0 Å². The molecule has 0 spiro atoms. The van der Waals surface area contributed by atoms with Gasteiger partial charge in [-0.05, 0) is 48.2 Å². The Hall–Kier alpha value is -4.34. The number of pyridine rings is 3. The highest BCUT2D eigenvalue weighted by molar-refractivity contribution is 6.06. The fourth-order valence-corrected chi connectivity index (χ4v) is 4.33. The van der Waals surface area contributed by atoms with Gasteiger partial charge in [0.2, 0.25) is 0 Å². The van der Waals surface area contributed by atoms with Gasteiger partial charge in [-0.2, -0.15) is 0 Å². The van der Waals surface area contributed by atoms with E-state index < -0.39 is 12.7 Å². The average Bonchev–Trinajstić information content (AvgIpc) is 3.30. The van der Waals surface area contributed by atoms with E-state index in [9.17, 15) is 19.8 Å². The Bertz CT molecular complexity index is 1670. The largest absolute Gasteiger partial charge is 0.394 e. The molecule has 182 valence electrons. The van der Waals surface area contributed by atoms with E-state index in [4.69, 9.17) is 4.98 Å².